The molecule has 1 amide bonds. The van der Waals surface area contributed by atoms with Crippen LogP contribution in [0.4, 0.5) is 5.13 Å². The predicted molar refractivity (Wildman–Crippen MR) is 103 cm³/mol. The number of carbonyl (C=O) groups excluding carboxylic acids is 1. The van der Waals surface area contributed by atoms with Crippen LogP contribution in [0.3, 0.4) is 0 Å². The van der Waals surface area contributed by atoms with E-state index in [1.165, 1.54) is 11.3 Å². The van der Waals surface area contributed by atoms with Gasteiger partial charge in [-0.3, -0.25) is 15.1 Å². The molecule has 8 heteroatoms. The van der Waals surface area contributed by atoms with Crippen molar-refractivity contribution in [3.05, 3.63) is 64.0 Å². The Balaban J connectivity index is 1.41. The minimum Gasteiger partial charge on any atom is -0.484 e. The van der Waals surface area contributed by atoms with E-state index >= 15 is 0 Å². The number of ether oxygens (including phenoxy) is 1. The zero-order valence-corrected chi connectivity index (χ0v) is 15.1. The van der Waals surface area contributed by atoms with Gasteiger partial charge in [-0.2, -0.15) is 0 Å². The van der Waals surface area contributed by atoms with Crippen LogP contribution in [-0.2, 0) is 4.79 Å². The Morgan fingerprint density at radius 1 is 1.26 bits per heavy atom. The Labute approximate surface area is 157 Å². The number of anilines is 1. The lowest BCUT2D eigenvalue weighted by atomic mass is 10.1. The molecule has 0 saturated heterocycles. The molecule has 0 spiro atoms. The summed E-state index contributed by atoms with van der Waals surface area (Å²) in [6.45, 7) is 1.89. The van der Waals surface area contributed by atoms with E-state index in [9.17, 15) is 9.59 Å². The number of H-pyrrole nitrogens is 1. The van der Waals surface area contributed by atoms with Crippen molar-refractivity contribution in [3.8, 4) is 17.0 Å². The Bertz CT molecular complexity index is 1160. The van der Waals surface area contributed by atoms with Crippen molar-refractivity contribution in [2.75, 3.05) is 11.9 Å². The topological polar surface area (TPSA) is 97.2 Å². The maximum atomic E-state index is 12.1. The molecule has 0 fully saturated rings. The summed E-state index contributed by atoms with van der Waals surface area (Å²) in [5, 5.41) is 5.01. The zero-order valence-electron chi connectivity index (χ0n) is 14.3. The number of nitrogens with one attached hydrogen (secondary N) is 2. The normalized spacial score (nSPS) is 10.9. The lowest BCUT2D eigenvalue weighted by Crippen LogP contribution is -2.20. The molecule has 0 radical (unpaired) electrons. The van der Waals surface area contributed by atoms with E-state index in [2.05, 4.69) is 15.3 Å². The molecule has 0 bridgehead atoms. The van der Waals surface area contributed by atoms with Crippen LogP contribution in [-0.4, -0.2) is 22.5 Å². The van der Waals surface area contributed by atoms with E-state index in [1.807, 2.05) is 42.6 Å². The number of fused-ring (bicyclic) bond motifs is 1. The molecule has 2 heterocycles. The number of oxazole rings is 1. The third-order valence-electron chi connectivity index (χ3n) is 3.86. The van der Waals surface area contributed by atoms with Crippen LogP contribution in [0.25, 0.3) is 22.4 Å². The van der Waals surface area contributed by atoms with E-state index in [1.54, 1.807) is 12.1 Å². The third kappa shape index (κ3) is 3.90. The molecule has 0 aliphatic heterocycles. The van der Waals surface area contributed by atoms with Crippen LogP contribution in [0.5, 0.6) is 5.75 Å². The highest BCUT2D eigenvalue weighted by molar-refractivity contribution is 7.14. The number of thiazole rings is 1. The van der Waals surface area contributed by atoms with E-state index in [0.29, 0.717) is 27.7 Å². The highest BCUT2D eigenvalue weighted by atomic mass is 32.1. The van der Waals surface area contributed by atoms with Crippen molar-refractivity contribution < 1.29 is 13.9 Å². The maximum absolute atomic E-state index is 12.1. The summed E-state index contributed by atoms with van der Waals surface area (Å²) in [6.07, 6.45) is 0. The van der Waals surface area contributed by atoms with Gasteiger partial charge in [0, 0.05) is 10.9 Å². The average Bonchev–Trinajstić information content (AvgIpc) is 3.26. The highest BCUT2D eigenvalue weighted by Crippen LogP contribution is 2.27. The largest absolute Gasteiger partial charge is 0.484 e. The molecule has 2 aromatic heterocycles. The second kappa shape index (κ2) is 7.08. The standard InChI is InChI=1S/C19H15N3O4S/c1-11-2-5-13(6-3-11)25-9-17(23)22-18-20-15(10-27-18)12-4-7-14-16(8-12)26-19(24)21-14/h2-8,10H,9H2,1H3,(H,21,24)(H,20,22,23). The van der Waals surface area contributed by atoms with Gasteiger partial charge >= 0.3 is 5.76 Å². The van der Waals surface area contributed by atoms with Gasteiger partial charge in [-0.1, -0.05) is 23.8 Å². The summed E-state index contributed by atoms with van der Waals surface area (Å²) in [5.41, 5.74) is 3.68. The summed E-state index contributed by atoms with van der Waals surface area (Å²) in [6, 6.07) is 12.8. The second-order valence-electron chi connectivity index (χ2n) is 5.91. The van der Waals surface area contributed by atoms with Crippen LogP contribution in [0.15, 0.2) is 57.1 Å². The van der Waals surface area contributed by atoms with Gasteiger partial charge in [0.05, 0.1) is 11.2 Å². The first kappa shape index (κ1) is 17.0. The highest BCUT2D eigenvalue weighted by Gasteiger charge is 2.10. The smallest absolute Gasteiger partial charge is 0.417 e. The quantitative estimate of drug-likeness (QED) is 0.551. The molecule has 136 valence electrons. The fraction of sp³-hybridized carbons (Fsp3) is 0.105. The number of aromatic amines is 1. The lowest BCUT2D eigenvalue weighted by Gasteiger charge is -2.05. The maximum Gasteiger partial charge on any atom is 0.417 e. The van der Waals surface area contributed by atoms with Crippen LogP contribution in [0.1, 0.15) is 5.56 Å². The first-order valence-electron chi connectivity index (χ1n) is 8.15. The van der Waals surface area contributed by atoms with E-state index in [4.69, 9.17) is 9.15 Å². The fourth-order valence-corrected chi connectivity index (χ4v) is 3.24. The van der Waals surface area contributed by atoms with Gasteiger partial charge in [-0.25, -0.2) is 9.78 Å². The van der Waals surface area contributed by atoms with Crippen molar-refractivity contribution in [1.82, 2.24) is 9.97 Å². The average molecular weight is 381 g/mol. The molecule has 27 heavy (non-hydrogen) atoms. The Morgan fingerprint density at radius 2 is 2.07 bits per heavy atom. The first-order valence-corrected chi connectivity index (χ1v) is 9.03. The molecule has 2 N–H and O–H groups in total. The second-order valence-corrected chi connectivity index (χ2v) is 6.77. The van der Waals surface area contributed by atoms with Crippen LogP contribution in [0, 0.1) is 6.92 Å². The van der Waals surface area contributed by atoms with Gasteiger partial charge in [-0.15, -0.1) is 11.3 Å². The summed E-state index contributed by atoms with van der Waals surface area (Å²) >= 11 is 1.31. The van der Waals surface area contributed by atoms with Crippen LogP contribution in [0.2, 0.25) is 0 Å². The minimum atomic E-state index is -0.498. The Kier molecular flexibility index (Phi) is 4.47. The first-order chi connectivity index (χ1) is 13.1. The number of nitrogens with zero attached hydrogens (tertiary/aromatic N) is 1. The molecule has 0 atom stereocenters. The molecular weight excluding hydrogens is 366 g/mol. The Morgan fingerprint density at radius 3 is 2.89 bits per heavy atom. The van der Waals surface area contributed by atoms with Crippen molar-refractivity contribution in [1.29, 1.82) is 0 Å². The van der Waals surface area contributed by atoms with Crippen LogP contribution < -0.4 is 15.8 Å². The van der Waals surface area contributed by atoms with Gasteiger partial charge in [0.2, 0.25) is 0 Å². The monoisotopic (exact) mass is 381 g/mol. The summed E-state index contributed by atoms with van der Waals surface area (Å²) in [7, 11) is 0. The van der Waals surface area contributed by atoms with Gasteiger partial charge in [0.15, 0.2) is 17.3 Å². The summed E-state index contributed by atoms with van der Waals surface area (Å²) < 4.78 is 10.5. The molecule has 0 aliphatic rings. The number of amides is 1. The SMILES string of the molecule is Cc1ccc(OCC(=O)Nc2nc(-c3ccc4[nH]c(=O)oc4c3)cs2)cc1. The minimum absolute atomic E-state index is 0.0988. The van der Waals surface area contributed by atoms with Crippen molar-refractivity contribution in [2.24, 2.45) is 0 Å². The molecule has 7 nitrogen and oxygen atoms in total. The number of aryl methyl sites for hydroxylation is 1. The van der Waals surface area contributed by atoms with Gasteiger partial charge in [0.25, 0.3) is 5.91 Å². The van der Waals surface area contributed by atoms with Crippen LogP contribution >= 0.6 is 11.3 Å². The number of benzene rings is 2. The molecule has 0 unspecified atom stereocenters. The van der Waals surface area contributed by atoms with Gasteiger partial charge in [0.1, 0.15) is 5.75 Å². The molecule has 4 rings (SSSR count). The number of aromatic nitrogens is 2. The molecule has 4 aromatic rings. The van der Waals surface area contributed by atoms with Crippen molar-refractivity contribution in [3.63, 3.8) is 0 Å². The molecule has 0 saturated carbocycles. The molecule has 2 aromatic carbocycles. The molecule has 0 aliphatic carbocycles. The summed E-state index contributed by atoms with van der Waals surface area (Å²) in [5.74, 6) is -0.151. The van der Waals surface area contributed by atoms with E-state index in [0.717, 1.165) is 11.1 Å². The lowest BCUT2D eigenvalue weighted by molar-refractivity contribution is -0.118. The van der Waals surface area contributed by atoms with Crippen molar-refractivity contribution >= 4 is 33.5 Å². The van der Waals surface area contributed by atoms with E-state index < -0.39 is 5.76 Å². The summed E-state index contributed by atoms with van der Waals surface area (Å²) in [4.78, 5) is 30.3. The number of hydrogen-bond donors (Lipinski definition) is 2. The van der Waals surface area contributed by atoms with E-state index in [-0.39, 0.29) is 12.5 Å². The zero-order chi connectivity index (χ0) is 18.8. The number of rotatable bonds is 5. The fourth-order valence-electron chi connectivity index (χ4n) is 2.51. The van der Waals surface area contributed by atoms with Gasteiger partial charge < -0.3 is 9.15 Å². The Hall–Kier alpha value is -3.39. The third-order valence-corrected chi connectivity index (χ3v) is 4.62. The van der Waals surface area contributed by atoms with Gasteiger partial charge in [-0.05, 0) is 31.2 Å². The predicted octanol–water partition coefficient (Wildman–Crippen LogP) is 3.57. The van der Waals surface area contributed by atoms with Crippen molar-refractivity contribution in [2.45, 2.75) is 6.92 Å². The number of hydrogen-bond acceptors (Lipinski definition) is 6. The number of carbonyl (C=O) groups is 1. The molecular formula is C19H15N3O4S.